The van der Waals surface area contributed by atoms with Crippen LogP contribution in [-0.4, -0.2) is 44.1 Å². The van der Waals surface area contributed by atoms with Crippen LogP contribution in [0.4, 0.5) is 0 Å². The van der Waals surface area contributed by atoms with Crippen molar-refractivity contribution in [2.75, 3.05) is 13.1 Å². The summed E-state index contributed by atoms with van der Waals surface area (Å²) in [5, 5.41) is 17.7. The van der Waals surface area contributed by atoms with Gasteiger partial charge in [-0.2, -0.15) is 4.98 Å². The number of hydrogen-bond donors (Lipinski definition) is 2. The Balaban J connectivity index is 1.58. The molecule has 0 aromatic carbocycles. The Morgan fingerprint density at radius 2 is 2.33 bits per heavy atom. The lowest BCUT2D eigenvalue weighted by Crippen LogP contribution is -2.29. The minimum atomic E-state index is -0.294. The highest BCUT2D eigenvalue weighted by Crippen LogP contribution is 2.16. The molecule has 2 aromatic heterocycles. The molecule has 9 nitrogen and oxygen atoms in total. The predicted octanol–water partition coefficient (Wildman–Crippen LogP) is -0.176. The van der Waals surface area contributed by atoms with Crippen molar-refractivity contribution in [3.8, 4) is 0 Å². The highest BCUT2D eigenvalue weighted by molar-refractivity contribution is 5.91. The second-order valence-corrected chi connectivity index (χ2v) is 4.98. The number of aryl methyl sites for hydroxylation is 1. The maximum Gasteiger partial charge on any atom is 0.273 e. The van der Waals surface area contributed by atoms with E-state index in [-0.39, 0.29) is 12.5 Å². The Bertz CT molecular complexity index is 615. The number of hydrogen-bond acceptors (Lipinski definition) is 7. The summed E-state index contributed by atoms with van der Waals surface area (Å²) in [6.07, 6.45) is 3.67. The summed E-state index contributed by atoms with van der Waals surface area (Å²) in [6, 6.07) is 0.306. The average molecular weight is 291 g/mol. The maximum atomic E-state index is 12.0. The fraction of sp³-hybridized carbons (Fsp3) is 0.583. The van der Waals surface area contributed by atoms with Crippen LogP contribution in [0.5, 0.6) is 0 Å². The van der Waals surface area contributed by atoms with Gasteiger partial charge in [0.05, 0.1) is 18.8 Å². The maximum absolute atomic E-state index is 12.0. The van der Waals surface area contributed by atoms with Crippen molar-refractivity contribution in [2.24, 2.45) is 0 Å². The molecule has 2 aromatic rings. The number of amides is 1. The first kappa shape index (κ1) is 13.7. The van der Waals surface area contributed by atoms with Crippen molar-refractivity contribution < 1.29 is 9.32 Å². The molecule has 0 saturated carbocycles. The zero-order valence-corrected chi connectivity index (χ0v) is 11.7. The summed E-state index contributed by atoms with van der Waals surface area (Å²) in [5.41, 5.74) is 0.300. The first-order chi connectivity index (χ1) is 10.2. The minimum absolute atomic E-state index is 0.205. The highest BCUT2D eigenvalue weighted by Gasteiger charge is 2.18. The van der Waals surface area contributed by atoms with Crippen LogP contribution in [0.25, 0.3) is 0 Å². The molecule has 1 amide bonds. The fourth-order valence-electron chi connectivity index (χ4n) is 2.29. The largest absolute Gasteiger partial charge is 0.343 e. The Morgan fingerprint density at radius 3 is 3.05 bits per heavy atom. The Hall–Kier alpha value is -2.29. The van der Waals surface area contributed by atoms with E-state index < -0.39 is 0 Å². The van der Waals surface area contributed by atoms with Crippen LogP contribution in [0.3, 0.4) is 0 Å². The molecule has 2 N–H and O–H groups in total. The van der Waals surface area contributed by atoms with E-state index in [1.54, 1.807) is 17.8 Å². The normalized spacial score (nSPS) is 16.0. The molecule has 0 spiro atoms. The molecule has 1 saturated heterocycles. The molecule has 1 fully saturated rings. The van der Waals surface area contributed by atoms with E-state index in [0.717, 1.165) is 25.9 Å². The van der Waals surface area contributed by atoms with Crippen molar-refractivity contribution >= 4 is 5.91 Å². The third-order valence-electron chi connectivity index (χ3n) is 3.40. The van der Waals surface area contributed by atoms with Gasteiger partial charge in [0.15, 0.2) is 11.5 Å². The molecule has 3 heterocycles. The van der Waals surface area contributed by atoms with Crippen molar-refractivity contribution in [2.45, 2.75) is 32.4 Å². The monoisotopic (exact) mass is 291 g/mol. The molecule has 0 bridgehead atoms. The summed E-state index contributed by atoms with van der Waals surface area (Å²) in [5.74, 6) is 0.611. The molecule has 21 heavy (non-hydrogen) atoms. The van der Waals surface area contributed by atoms with Crippen molar-refractivity contribution in [1.29, 1.82) is 0 Å². The van der Waals surface area contributed by atoms with Crippen LogP contribution >= 0.6 is 0 Å². The SMILES string of the molecule is Cc1nc(CNC(=O)c2cn(C3CCNCC3)nn2)no1. The van der Waals surface area contributed by atoms with Crippen LogP contribution in [0.1, 0.15) is 41.1 Å². The molecular weight excluding hydrogens is 274 g/mol. The third-order valence-corrected chi connectivity index (χ3v) is 3.40. The lowest BCUT2D eigenvalue weighted by Gasteiger charge is -2.22. The minimum Gasteiger partial charge on any atom is -0.343 e. The van der Waals surface area contributed by atoms with Gasteiger partial charge in [0, 0.05) is 6.92 Å². The Kier molecular flexibility index (Phi) is 3.91. The summed E-state index contributed by atoms with van der Waals surface area (Å²) in [7, 11) is 0. The van der Waals surface area contributed by atoms with Gasteiger partial charge in [-0.3, -0.25) is 4.79 Å². The van der Waals surface area contributed by atoms with Crippen molar-refractivity contribution in [3.63, 3.8) is 0 Å². The number of piperidine rings is 1. The highest BCUT2D eigenvalue weighted by atomic mass is 16.5. The topological polar surface area (TPSA) is 111 Å². The van der Waals surface area contributed by atoms with Gasteiger partial charge >= 0.3 is 0 Å². The predicted molar refractivity (Wildman–Crippen MR) is 71.4 cm³/mol. The number of nitrogens with zero attached hydrogens (tertiary/aromatic N) is 5. The van der Waals surface area contributed by atoms with Gasteiger partial charge in [0.1, 0.15) is 0 Å². The van der Waals surface area contributed by atoms with Crippen LogP contribution in [0, 0.1) is 6.92 Å². The van der Waals surface area contributed by atoms with E-state index in [9.17, 15) is 4.79 Å². The number of rotatable bonds is 4. The summed E-state index contributed by atoms with van der Waals surface area (Å²) < 4.78 is 6.61. The van der Waals surface area contributed by atoms with Crippen LogP contribution in [0.2, 0.25) is 0 Å². The first-order valence-corrected chi connectivity index (χ1v) is 6.92. The molecule has 0 aliphatic carbocycles. The van der Waals surface area contributed by atoms with E-state index in [2.05, 4.69) is 31.1 Å². The van der Waals surface area contributed by atoms with Gasteiger partial charge in [-0.05, 0) is 25.9 Å². The lowest BCUT2D eigenvalue weighted by atomic mass is 10.1. The van der Waals surface area contributed by atoms with E-state index in [1.807, 2.05) is 0 Å². The second-order valence-electron chi connectivity index (χ2n) is 4.98. The van der Waals surface area contributed by atoms with Gasteiger partial charge in [0.2, 0.25) is 5.89 Å². The van der Waals surface area contributed by atoms with Gasteiger partial charge in [0.25, 0.3) is 5.91 Å². The molecular formula is C12H17N7O2. The molecule has 112 valence electrons. The number of carbonyl (C=O) groups excluding carboxylic acids is 1. The van der Waals surface area contributed by atoms with E-state index >= 15 is 0 Å². The summed E-state index contributed by atoms with van der Waals surface area (Å²) in [6.45, 7) is 3.83. The molecule has 1 aliphatic rings. The van der Waals surface area contributed by atoms with E-state index in [0.29, 0.717) is 23.5 Å². The third kappa shape index (κ3) is 3.24. The second kappa shape index (κ2) is 6.00. The molecule has 0 atom stereocenters. The average Bonchev–Trinajstić information content (AvgIpc) is 3.15. The van der Waals surface area contributed by atoms with Gasteiger partial charge in [-0.25, -0.2) is 4.68 Å². The molecule has 9 heteroatoms. The fourth-order valence-corrected chi connectivity index (χ4v) is 2.29. The molecule has 3 rings (SSSR count). The zero-order valence-electron chi connectivity index (χ0n) is 11.7. The van der Waals surface area contributed by atoms with Gasteiger partial charge in [-0.15, -0.1) is 5.10 Å². The summed E-state index contributed by atoms with van der Waals surface area (Å²) in [4.78, 5) is 16.0. The summed E-state index contributed by atoms with van der Waals surface area (Å²) >= 11 is 0. The van der Waals surface area contributed by atoms with Crippen LogP contribution in [0.15, 0.2) is 10.7 Å². The quantitative estimate of drug-likeness (QED) is 0.804. The number of carbonyl (C=O) groups is 1. The standard InChI is InChI=1S/C12H17N7O2/c1-8-15-11(17-21-8)6-14-12(20)10-7-19(18-16-10)9-2-4-13-5-3-9/h7,9,13H,2-6H2,1H3,(H,14,20). The van der Waals surface area contributed by atoms with Crippen LogP contribution < -0.4 is 10.6 Å². The molecule has 1 aliphatic heterocycles. The van der Waals surface area contributed by atoms with Crippen LogP contribution in [-0.2, 0) is 6.54 Å². The van der Waals surface area contributed by atoms with E-state index in [1.165, 1.54) is 0 Å². The number of nitrogens with one attached hydrogen (secondary N) is 2. The Labute approximate surface area is 121 Å². The van der Waals surface area contributed by atoms with E-state index in [4.69, 9.17) is 4.52 Å². The Morgan fingerprint density at radius 1 is 1.52 bits per heavy atom. The first-order valence-electron chi connectivity index (χ1n) is 6.92. The lowest BCUT2D eigenvalue weighted by molar-refractivity contribution is 0.0944. The molecule has 0 unspecified atom stereocenters. The van der Waals surface area contributed by atoms with Gasteiger partial charge in [-0.1, -0.05) is 10.4 Å². The van der Waals surface area contributed by atoms with Crippen molar-refractivity contribution in [1.82, 2.24) is 35.8 Å². The molecule has 0 radical (unpaired) electrons. The van der Waals surface area contributed by atoms with Crippen molar-refractivity contribution in [3.05, 3.63) is 23.6 Å². The smallest absolute Gasteiger partial charge is 0.273 e. The zero-order chi connectivity index (χ0) is 14.7. The van der Waals surface area contributed by atoms with Gasteiger partial charge < -0.3 is 15.2 Å². The number of aromatic nitrogens is 5.